The van der Waals surface area contributed by atoms with Gasteiger partial charge in [-0.05, 0) is 31.9 Å². The van der Waals surface area contributed by atoms with E-state index in [4.69, 9.17) is 9.47 Å². The number of carbonyl (C=O) groups is 2. The molecular formula is C16H22N2O6. The van der Waals surface area contributed by atoms with E-state index in [9.17, 15) is 19.7 Å². The number of hydrogen-bond donors (Lipinski definition) is 1. The van der Waals surface area contributed by atoms with Gasteiger partial charge in [0.05, 0.1) is 17.1 Å². The Hall–Kier alpha value is -2.64. The quantitative estimate of drug-likeness (QED) is 0.443. The van der Waals surface area contributed by atoms with Crippen LogP contribution in [0.5, 0.6) is 5.75 Å². The number of nitrogens with one attached hydrogen (secondary N) is 1. The summed E-state index contributed by atoms with van der Waals surface area (Å²) in [4.78, 5) is 34.0. The van der Waals surface area contributed by atoms with E-state index in [0.29, 0.717) is 0 Å². The van der Waals surface area contributed by atoms with Crippen LogP contribution in [0, 0.1) is 16.0 Å². The Morgan fingerprint density at radius 3 is 2.50 bits per heavy atom. The minimum Gasteiger partial charge on any atom is -0.487 e. The summed E-state index contributed by atoms with van der Waals surface area (Å²) in [5.74, 6) is -0.917. The Bertz CT molecular complexity index is 615. The Balaban J connectivity index is 2.73. The van der Waals surface area contributed by atoms with E-state index < -0.39 is 23.4 Å². The second-order valence-corrected chi connectivity index (χ2v) is 5.55. The minimum atomic E-state index is -0.812. The highest BCUT2D eigenvalue weighted by molar-refractivity contribution is 5.92. The summed E-state index contributed by atoms with van der Waals surface area (Å²) in [6, 6.07) is 3.71. The van der Waals surface area contributed by atoms with Crippen molar-refractivity contribution in [2.45, 2.75) is 33.7 Å². The lowest BCUT2D eigenvalue weighted by molar-refractivity contribution is -0.385. The number of carbonyl (C=O) groups excluding carboxylic acids is 2. The summed E-state index contributed by atoms with van der Waals surface area (Å²) in [5, 5.41) is 13.7. The van der Waals surface area contributed by atoms with Crippen LogP contribution in [0.3, 0.4) is 0 Å². The molecule has 1 atom stereocenters. The molecule has 1 amide bonds. The highest BCUT2D eigenvalue weighted by atomic mass is 16.6. The van der Waals surface area contributed by atoms with E-state index in [1.54, 1.807) is 6.92 Å². The van der Waals surface area contributed by atoms with Crippen LogP contribution in [-0.2, 0) is 9.53 Å². The third-order valence-electron chi connectivity index (χ3n) is 3.41. The highest BCUT2D eigenvalue weighted by Gasteiger charge is 2.20. The molecule has 1 N–H and O–H groups in total. The van der Waals surface area contributed by atoms with Crippen LogP contribution in [0.25, 0.3) is 0 Å². The zero-order chi connectivity index (χ0) is 18.3. The number of ether oxygens (including phenoxy) is 2. The first kappa shape index (κ1) is 19.4. The van der Waals surface area contributed by atoms with Gasteiger partial charge in [0.15, 0.2) is 12.4 Å². The first-order valence-electron chi connectivity index (χ1n) is 7.64. The molecule has 0 aliphatic heterocycles. The van der Waals surface area contributed by atoms with E-state index in [0.717, 1.165) is 6.07 Å². The molecule has 0 fully saturated rings. The predicted molar refractivity (Wildman–Crippen MR) is 87.0 cm³/mol. The largest absolute Gasteiger partial charge is 0.487 e. The summed E-state index contributed by atoms with van der Waals surface area (Å²) in [7, 11) is 0. The highest BCUT2D eigenvalue weighted by Crippen LogP contribution is 2.28. The molecule has 0 aromatic heterocycles. The molecule has 1 aromatic rings. The fraction of sp³-hybridized carbons (Fsp3) is 0.500. The molecule has 0 saturated carbocycles. The summed E-state index contributed by atoms with van der Waals surface area (Å²) in [6.45, 7) is 7.27. The maximum absolute atomic E-state index is 11.9. The molecule has 0 unspecified atom stereocenters. The van der Waals surface area contributed by atoms with E-state index in [2.05, 4.69) is 5.32 Å². The topological polar surface area (TPSA) is 108 Å². The van der Waals surface area contributed by atoms with Gasteiger partial charge in [-0.2, -0.15) is 0 Å². The molecule has 132 valence electrons. The second kappa shape index (κ2) is 8.85. The van der Waals surface area contributed by atoms with Crippen molar-refractivity contribution in [3.8, 4) is 5.75 Å². The standard InChI is InChI=1S/C16H22N2O6/c1-5-23-14-7-6-12(8-13(14)18(21)22)16(20)24-9-15(19)17-11(4)10(2)3/h6-8,10-11H,5,9H2,1-4H3,(H,17,19)/t11-/m1/s1. The lowest BCUT2D eigenvalue weighted by Gasteiger charge is -2.17. The maximum atomic E-state index is 11.9. The SMILES string of the molecule is CCOc1ccc(C(=O)OCC(=O)N[C@H](C)C(C)C)cc1[N+](=O)[O-]. The number of nitro groups is 1. The third-order valence-corrected chi connectivity index (χ3v) is 3.41. The van der Waals surface area contributed by atoms with E-state index in [-0.39, 0.29) is 35.6 Å². The van der Waals surface area contributed by atoms with Crippen molar-refractivity contribution in [2.75, 3.05) is 13.2 Å². The van der Waals surface area contributed by atoms with Gasteiger partial charge in [-0.3, -0.25) is 14.9 Å². The molecule has 0 aliphatic carbocycles. The van der Waals surface area contributed by atoms with Crippen molar-refractivity contribution in [3.63, 3.8) is 0 Å². The molecule has 8 heteroatoms. The summed E-state index contributed by atoms with van der Waals surface area (Å²) >= 11 is 0. The Kier molecular flexibility index (Phi) is 7.16. The molecule has 0 radical (unpaired) electrons. The molecule has 1 aromatic carbocycles. The van der Waals surface area contributed by atoms with Gasteiger partial charge in [0.2, 0.25) is 0 Å². The number of nitro benzene ring substituents is 1. The van der Waals surface area contributed by atoms with Crippen LogP contribution < -0.4 is 10.1 Å². The number of benzene rings is 1. The van der Waals surface area contributed by atoms with Crippen LogP contribution in [0.2, 0.25) is 0 Å². The van der Waals surface area contributed by atoms with Crippen LogP contribution >= 0.6 is 0 Å². The third kappa shape index (κ3) is 5.53. The number of rotatable bonds is 8. The van der Waals surface area contributed by atoms with Crippen LogP contribution in [0.1, 0.15) is 38.1 Å². The molecule has 0 spiro atoms. The van der Waals surface area contributed by atoms with Gasteiger partial charge in [0, 0.05) is 12.1 Å². The van der Waals surface area contributed by atoms with E-state index in [1.165, 1.54) is 12.1 Å². The maximum Gasteiger partial charge on any atom is 0.338 e. The van der Waals surface area contributed by atoms with Crippen LogP contribution in [0.15, 0.2) is 18.2 Å². The van der Waals surface area contributed by atoms with Crippen LogP contribution in [-0.4, -0.2) is 36.1 Å². The lowest BCUT2D eigenvalue weighted by atomic mass is 10.1. The number of hydrogen-bond acceptors (Lipinski definition) is 6. The van der Waals surface area contributed by atoms with E-state index in [1.807, 2.05) is 20.8 Å². The molecule has 1 rings (SSSR count). The van der Waals surface area contributed by atoms with Gasteiger partial charge < -0.3 is 14.8 Å². The lowest BCUT2D eigenvalue weighted by Crippen LogP contribution is -2.38. The van der Waals surface area contributed by atoms with Crippen molar-refractivity contribution in [1.29, 1.82) is 0 Å². The van der Waals surface area contributed by atoms with Crippen molar-refractivity contribution in [2.24, 2.45) is 5.92 Å². The smallest absolute Gasteiger partial charge is 0.338 e. The number of nitrogens with zero attached hydrogens (tertiary/aromatic N) is 1. The first-order chi connectivity index (χ1) is 11.3. The van der Waals surface area contributed by atoms with E-state index >= 15 is 0 Å². The number of esters is 1. The van der Waals surface area contributed by atoms with Gasteiger partial charge >= 0.3 is 11.7 Å². The zero-order valence-electron chi connectivity index (χ0n) is 14.2. The average Bonchev–Trinajstić information content (AvgIpc) is 2.52. The molecule has 0 bridgehead atoms. The monoisotopic (exact) mass is 338 g/mol. The fourth-order valence-electron chi connectivity index (χ4n) is 1.74. The van der Waals surface area contributed by atoms with Crippen LogP contribution in [0.4, 0.5) is 5.69 Å². The molecule has 0 aliphatic rings. The van der Waals surface area contributed by atoms with Gasteiger partial charge in [-0.1, -0.05) is 13.8 Å². The zero-order valence-corrected chi connectivity index (χ0v) is 14.2. The Labute approximate surface area is 140 Å². The normalized spacial score (nSPS) is 11.7. The first-order valence-corrected chi connectivity index (χ1v) is 7.64. The molecule has 0 heterocycles. The minimum absolute atomic E-state index is 0.0186. The Morgan fingerprint density at radius 2 is 1.96 bits per heavy atom. The Morgan fingerprint density at radius 1 is 1.29 bits per heavy atom. The predicted octanol–water partition coefficient (Wildman–Crippen LogP) is 2.31. The van der Waals surface area contributed by atoms with Gasteiger partial charge in [-0.15, -0.1) is 0 Å². The summed E-state index contributed by atoms with van der Waals surface area (Å²) in [6.07, 6.45) is 0. The second-order valence-electron chi connectivity index (χ2n) is 5.55. The summed E-state index contributed by atoms with van der Waals surface area (Å²) < 4.78 is 10.0. The van der Waals surface area contributed by atoms with Gasteiger partial charge in [-0.25, -0.2) is 4.79 Å². The van der Waals surface area contributed by atoms with Crippen molar-refractivity contribution >= 4 is 17.6 Å². The molecule has 0 saturated heterocycles. The average molecular weight is 338 g/mol. The van der Waals surface area contributed by atoms with Crippen molar-refractivity contribution < 1.29 is 24.0 Å². The van der Waals surface area contributed by atoms with Gasteiger partial charge in [0.1, 0.15) is 0 Å². The number of amides is 1. The molecule has 8 nitrogen and oxygen atoms in total. The molecule has 24 heavy (non-hydrogen) atoms. The molecular weight excluding hydrogens is 316 g/mol. The van der Waals surface area contributed by atoms with Crippen molar-refractivity contribution in [3.05, 3.63) is 33.9 Å². The fourth-order valence-corrected chi connectivity index (χ4v) is 1.74. The van der Waals surface area contributed by atoms with Crippen molar-refractivity contribution in [1.82, 2.24) is 5.32 Å². The van der Waals surface area contributed by atoms with Gasteiger partial charge in [0.25, 0.3) is 5.91 Å². The summed E-state index contributed by atoms with van der Waals surface area (Å²) in [5.41, 5.74) is -0.348.